The summed E-state index contributed by atoms with van der Waals surface area (Å²) in [5.74, 6) is 0.823. The molecule has 1 unspecified atom stereocenters. The minimum absolute atomic E-state index is 0.272. The third-order valence-corrected chi connectivity index (χ3v) is 3.37. The predicted octanol–water partition coefficient (Wildman–Crippen LogP) is 4.09. The number of fused-ring (bicyclic) bond motifs is 1. The van der Waals surface area contributed by atoms with Crippen molar-refractivity contribution in [2.24, 2.45) is 0 Å². The molecule has 4 nitrogen and oxygen atoms in total. The van der Waals surface area contributed by atoms with Gasteiger partial charge < -0.3 is 13.9 Å². The Balaban J connectivity index is 1.98. The van der Waals surface area contributed by atoms with Crippen molar-refractivity contribution in [2.75, 3.05) is 7.11 Å². The fraction of sp³-hybridized carbons (Fsp3) is 0.167. The van der Waals surface area contributed by atoms with Gasteiger partial charge in [0.15, 0.2) is 0 Å². The predicted molar refractivity (Wildman–Crippen MR) is 82.8 cm³/mol. The zero-order valence-electron chi connectivity index (χ0n) is 12.4. The maximum Gasteiger partial charge on any atom is 0.308 e. The summed E-state index contributed by atoms with van der Waals surface area (Å²) in [7, 11) is 1.65. The van der Waals surface area contributed by atoms with Crippen molar-refractivity contribution in [3.63, 3.8) is 0 Å². The topological polar surface area (TPSA) is 48.7 Å². The summed E-state index contributed by atoms with van der Waals surface area (Å²) in [6, 6.07) is 17.1. The van der Waals surface area contributed by atoms with Gasteiger partial charge in [-0.1, -0.05) is 30.3 Å². The van der Waals surface area contributed by atoms with Gasteiger partial charge in [0.1, 0.15) is 23.2 Å². The SMILES string of the molecule is COC(c1ccccc1)c1cc2ccc(OC(C)=O)cc2o1. The van der Waals surface area contributed by atoms with Crippen LogP contribution in [0.3, 0.4) is 0 Å². The van der Waals surface area contributed by atoms with Crippen molar-refractivity contribution in [3.05, 3.63) is 65.9 Å². The zero-order valence-corrected chi connectivity index (χ0v) is 12.4. The lowest BCUT2D eigenvalue weighted by Crippen LogP contribution is -2.01. The lowest BCUT2D eigenvalue weighted by atomic mass is 10.1. The number of methoxy groups -OCH3 is 1. The number of furan rings is 1. The molecule has 0 bridgehead atoms. The summed E-state index contributed by atoms with van der Waals surface area (Å²) in [6.07, 6.45) is -0.272. The highest BCUT2D eigenvalue weighted by atomic mass is 16.5. The first-order chi connectivity index (χ1) is 10.7. The van der Waals surface area contributed by atoms with Crippen molar-refractivity contribution in [2.45, 2.75) is 13.0 Å². The molecule has 3 rings (SSSR count). The van der Waals surface area contributed by atoms with E-state index in [0.717, 1.165) is 10.9 Å². The highest BCUT2D eigenvalue weighted by Crippen LogP contribution is 2.32. The molecule has 0 aliphatic rings. The summed E-state index contributed by atoms with van der Waals surface area (Å²) in [6.45, 7) is 1.37. The number of carbonyl (C=O) groups is 1. The summed E-state index contributed by atoms with van der Waals surface area (Å²) >= 11 is 0. The summed E-state index contributed by atoms with van der Waals surface area (Å²) in [5, 5.41) is 0.934. The highest BCUT2D eigenvalue weighted by molar-refractivity contribution is 5.81. The lowest BCUT2D eigenvalue weighted by Gasteiger charge is -2.12. The maximum atomic E-state index is 11.0. The van der Waals surface area contributed by atoms with Gasteiger partial charge in [-0.15, -0.1) is 0 Å². The highest BCUT2D eigenvalue weighted by Gasteiger charge is 2.18. The average Bonchev–Trinajstić information content (AvgIpc) is 2.91. The quantitative estimate of drug-likeness (QED) is 0.537. The number of rotatable bonds is 4. The molecule has 0 saturated carbocycles. The van der Waals surface area contributed by atoms with E-state index in [-0.39, 0.29) is 12.1 Å². The Bertz CT molecular complexity index is 789. The molecule has 4 heteroatoms. The van der Waals surface area contributed by atoms with Crippen LogP contribution >= 0.6 is 0 Å². The Hall–Kier alpha value is -2.59. The molecule has 0 spiro atoms. The van der Waals surface area contributed by atoms with Gasteiger partial charge >= 0.3 is 5.97 Å². The van der Waals surface area contributed by atoms with Crippen LogP contribution in [0.25, 0.3) is 11.0 Å². The molecule has 0 fully saturated rings. The van der Waals surface area contributed by atoms with E-state index in [9.17, 15) is 4.79 Å². The lowest BCUT2D eigenvalue weighted by molar-refractivity contribution is -0.131. The van der Waals surface area contributed by atoms with Gasteiger partial charge in [-0.2, -0.15) is 0 Å². The first kappa shape index (κ1) is 14.4. The molecule has 22 heavy (non-hydrogen) atoms. The van der Waals surface area contributed by atoms with Crippen LogP contribution in [0.4, 0.5) is 0 Å². The monoisotopic (exact) mass is 296 g/mol. The van der Waals surface area contributed by atoms with E-state index in [1.807, 2.05) is 42.5 Å². The van der Waals surface area contributed by atoms with Crippen molar-refractivity contribution >= 4 is 16.9 Å². The van der Waals surface area contributed by atoms with Gasteiger partial charge in [0.2, 0.25) is 0 Å². The maximum absolute atomic E-state index is 11.0. The molecule has 0 amide bonds. The van der Waals surface area contributed by atoms with E-state index in [0.29, 0.717) is 17.1 Å². The van der Waals surface area contributed by atoms with Crippen molar-refractivity contribution in [3.8, 4) is 5.75 Å². The third kappa shape index (κ3) is 2.87. The standard InChI is InChI=1S/C18H16O4/c1-12(19)21-15-9-8-14-10-17(22-16(14)11-15)18(20-2)13-6-4-3-5-7-13/h3-11,18H,1-2H3. The third-order valence-electron chi connectivity index (χ3n) is 3.37. The fourth-order valence-corrected chi connectivity index (χ4v) is 2.44. The molecule has 112 valence electrons. The van der Waals surface area contributed by atoms with Crippen LogP contribution in [0, 0.1) is 0 Å². The second-order valence-electron chi connectivity index (χ2n) is 4.97. The van der Waals surface area contributed by atoms with Crippen LogP contribution < -0.4 is 4.74 Å². The van der Waals surface area contributed by atoms with Gasteiger partial charge in [0.25, 0.3) is 0 Å². The van der Waals surface area contributed by atoms with Crippen LogP contribution in [0.1, 0.15) is 24.4 Å². The Labute approximate surface area is 128 Å². The van der Waals surface area contributed by atoms with Gasteiger partial charge in [-0.3, -0.25) is 4.79 Å². The average molecular weight is 296 g/mol. The normalized spacial score (nSPS) is 12.3. The molecule has 0 radical (unpaired) electrons. The van der Waals surface area contributed by atoms with Crippen LogP contribution in [0.15, 0.2) is 59.0 Å². The van der Waals surface area contributed by atoms with Gasteiger partial charge in [-0.05, 0) is 23.8 Å². The molecular weight excluding hydrogens is 280 g/mol. The molecule has 1 atom stereocenters. The van der Waals surface area contributed by atoms with Crippen molar-refractivity contribution in [1.82, 2.24) is 0 Å². The zero-order chi connectivity index (χ0) is 15.5. The number of hydrogen-bond donors (Lipinski definition) is 0. The van der Waals surface area contributed by atoms with Crippen LogP contribution in [-0.2, 0) is 9.53 Å². The van der Waals surface area contributed by atoms with E-state index in [1.54, 1.807) is 19.2 Å². The Morgan fingerprint density at radius 1 is 1.09 bits per heavy atom. The molecule has 1 aromatic heterocycles. The molecular formula is C18H16O4. The molecule has 3 aromatic rings. The molecule has 0 saturated heterocycles. The van der Waals surface area contributed by atoms with Crippen molar-refractivity contribution in [1.29, 1.82) is 0 Å². The van der Waals surface area contributed by atoms with Crippen LogP contribution in [-0.4, -0.2) is 13.1 Å². The first-order valence-electron chi connectivity index (χ1n) is 6.97. The molecule has 1 heterocycles. The number of esters is 1. The number of carbonyl (C=O) groups excluding carboxylic acids is 1. The van der Waals surface area contributed by atoms with Crippen molar-refractivity contribution < 1.29 is 18.7 Å². The van der Waals surface area contributed by atoms with Crippen LogP contribution in [0.2, 0.25) is 0 Å². The first-order valence-corrected chi connectivity index (χ1v) is 6.97. The Morgan fingerprint density at radius 2 is 1.86 bits per heavy atom. The molecule has 0 aliphatic carbocycles. The van der Waals surface area contributed by atoms with E-state index in [2.05, 4.69) is 0 Å². The van der Waals surface area contributed by atoms with E-state index in [4.69, 9.17) is 13.9 Å². The molecule has 0 N–H and O–H groups in total. The molecule has 2 aromatic carbocycles. The summed E-state index contributed by atoms with van der Waals surface area (Å²) < 4.78 is 16.5. The van der Waals surface area contributed by atoms with Gasteiger partial charge in [-0.25, -0.2) is 0 Å². The summed E-state index contributed by atoms with van der Waals surface area (Å²) in [4.78, 5) is 11.0. The Morgan fingerprint density at radius 3 is 2.55 bits per heavy atom. The van der Waals surface area contributed by atoms with E-state index < -0.39 is 0 Å². The number of hydrogen-bond acceptors (Lipinski definition) is 4. The second kappa shape index (κ2) is 6.03. The Kier molecular flexibility index (Phi) is 3.94. The minimum atomic E-state index is -0.356. The number of benzene rings is 2. The smallest absolute Gasteiger partial charge is 0.308 e. The summed E-state index contributed by atoms with van der Waals surface area (Å²) in [5.41, 5.74) is 1.68. The molecule has 0 aliphatic heterocycles. The number of ether oxygens (including phenoxy) is 2. The van der Waals surface area contributed by atoms with Gasteiger partial charge in [0, 0.05) is 25.5 Å². The fourth-order valence-electron chi connectivity index (χ4n) is 2.44. The largest absolute Gasteiger partial charge is 0.458 e. The van der Waals surface area contributed by atoms with Gasteiger partial charge in [0.05, 0.1) is 0 Å². The van der Waals surface area contributed by atoms with E-state index in [1.165, 1.54) is 6.92 Å². The second-order valence-corrected chi connectivity index (χ2v) is 4.97. The van der Waals surface area contributed by atoms with E-state index >= 15 is 0 Å². The minimum Gasteiger partial charge on any atom is -0.458 e. The van der Waals surface area contributed by atoms with Crippen LogP contribution in [0.5, 0.6) is 5.75 Å².